The Hall–Kier alpha value is -2.87. The molecule has 130 valence electrons. The van der Waals surface area contributed by atoms with Gasteiger partial charge in [-0.3, -0.25) is 4.79 Å². The quantitative estimate of drug-likeness (QED) is 0.664. The molecule has 8 heteroatoms. The molecule has 1 aliphatic heterocycles. The summed E-state index contributed by atoms with van der Waals surface area (Å²) in [6.45, 7) is 1.86. The van der Waals surface area contributed by atoms with Gasteiger partial charge >= 0.3 is 0 Å². The maximum atomic E-state index is 12.2. The first-order chi connectivity index (χ1) is 11.8. The van der Waals surface area contributed by atoms with Crippen molar-refractivity contribution in [1.82, 2.24) is 5.43 Å². The van der Waals surface area contributed by atoms with E-state index in [1.807, 2.05) is 0 Å². The molecule has 0 saturated heterocycles. The molecule has 0 fully saturated rings. The van der Waals surface area contributed by atoms with Crippen LogP contribution >= 0.6 is 0 Å². The summed E-state index contributed by atoms with van der Waals surface area (Å²) in [6.07, 6.45) is 1.15. The van der Waals surface area contributed by atoms with Gasteiger partial charge in [0.1, 0.15) is 0 Å². The van der Waals surface area contributed by atoms with Crippen molar-refractivity contribution in [3.8, 4) is 11.5 Å². The van der Waals surface area contributed by atoms with E-state index < -0.39 is 9.84 Å². The zero-order valence-electron chi connectivity index (χ0n) is 13.6. The van der Waals surface area contributed by atoms with E-state index in [0.29, 0.717) is 28.3 Å². The molecule has 1 heterocycles. The third-order valence-corrected chi connectivity index (χ3v) is 4.79. The first kappa shape index (κ1) is 17.0. The van der Waals surface area contributed by atoms with Crippen LogP contribution in [0, 0.1) is 0 Å². The van der Waals surface area contributed by atoms with Crippen LogP contribution in [-0.4, -0.2) is 33.1 Å². The van der Waals surface area contributed by atoms with Crippen molar-refractivity contribution in [2.45, 2.75) is 11.8 Å². The number of ether oxygens (including phenoxy) is 2. The van der Waals surface area contributed by atoms with Crippen LogP contribution in [-0.2, 0) is 9.84 Å². The zero-order valence-corrected chi connectivity index (χ0v) is 14.5. The van der Waals surface area contributed by atoms with E-state index in [2.05, 4.69) is 10.5 Å². The summed E-state index contributed by atoms with van der Waals surface area (Å²) in [4.78, 5) is 12.4. The fraction of sp³-hybridized carbons (Fsp3) is 0.176. The third kappa shape index (κ3) is 3.80. The van der Waals surface area contributed by atoms with Crippen molar-refractivity contribution in [2.75, 3.05) is 13.0 Å². The van der Waals surface area contributed by atoms with Gasteiger partial charge in [-0.15, -0.1) is 0 Å². The molecule has 1 N–H and O–H groups in total. The molecular formula is C17H16N2O5S. The Bertz CT molecular complexity index is 950. The van der Waals surface area contributed by atoms with Gasteiger partial charge < -0.3 is 9.47 Å². The molecule has 1 amide bonds. The number of rotatable bonds is 4. The van der Waals surface area contributed by atoms with Gasteiger partial charge in [-0.25, -0.2) is 13.8 Å². The van der Waals surface area contributed by atoms with Crippen molar-refractivity contribution in [2.24, 2.45) is 5.10 Å². The first-order valence-electron chi connectivity index (χ1n) is 7.39. The van der Waals surface area contributed by atoms with Gasteiger partial charge in [-0.1, -0.05) is 12.1 Å². The zero-order chi connectivity index (χ0) is 18.0. The van der Waals surface area contributed by atoms with E-state index in [-0.39, 0.29) is 17.6 Å². The summed E-state index contributed by atoms with van der Waals surface area (Å²) in [6, 6.07) is 11.2. The van der Waals surface area contributed by atoms with E-state index in [1.54, 1.807) is 37.3 Å². The lowest BCUT2D eigenvalue weighted by molar-refractivity contribution is 0.0954. The van der Waals surface area contributed by atoms with Crippen molar-refractivity contribution in [1.29, 1.82) is 0 Å². The second kappa shape index (κ2) is 6.56. The summed E-state index contributed by atoms with van der Waals surface area (Å²) in [5, 5.41) is 4.05. The molecule has 0 radical (unpaired) electrons. The van der Waals surface area contributed by atoms with Crippen LogP contribution in [0.2, 0.25) is 0 Å². The summed E-state index contributed by atoms with van der Waals surface area (Å²) in [5.41, 5.74) is 4.12. The minimum absolute atomic E-state index is 0.140. The van der Waals surface area contributed by atoms with Crippen molar-refractivity contribution < 1.29 is 22.7 Å². The fourth-order valence-electron chi connectivity index (χ4n) is 2.24. The monoisotopic (exact) mass is 360 g/mol. The second-order valence-electron chi connectivity index (χ2n) is 5.50. The molecule has 2 aromatic carbocycles. The highest BCUT2D eigenvalue weighted by Gasteiger charge is 2.16. The van der Waals surface area contributed by atoms with Crippen LogP contribution in [0.15, 0.2) is 52.5 Å². The topological polar surface area (TPSA) is 94.1 Å². The number of nitrogens with zero attached hydrogens (tertiary/aromatic N) is 1. The Morgan fingerprint density at radius 2 is 1.68 bits per heavy atom. The number of hydrogen-bond donors (Lipinski definition) is 1. The second-order valence-corrected chi connectivity index (χ2v) is 7.52. The van der Waals surface area contributed by atoms with Gasteiger partial charge in [0.2, 0.25) is 6.79 Å². The van der Waals surface area contributed by atoms with Gasteiger partial charge in [0.25, 0.3) is 5.91 Å². The fourth-order valence-corrected chi connectivity index (χ4v) is 2.88. The van der Waals surface area contributed by atoms with Crippen molar-refractivity contribution in [3.63, 3.8) is 0 Å². The third-order valence-electron chi connectivity index (χ3n) is 3.66. The van der Waals surface area contributed by atoms with Gasteiger partial charge in [0.15, 0.2) is 21.3 Å². The van der Waals surface area contributed by atoms with Crippen LogP contribution < -0.4 is 14.9 Å². The molecule has 0 atom stereocenters. The lowest BCUT2D eigenvalue weighted by Crippen LogP contribution is -2.19. The molecule has 0 unspecified atom stereocenters. The highest BCUT2D eigenvalue weighted by atomic mass is 32.2. The molecule has 7 nitrogen and oxygen atoms in total. The highest BCUT2D eigenvalue weighted by Crippen LogP contribution is 2.32. The predicted molar refractivity (Wildman–Crippen MR) is 91.8 cm³/mol. The number of nitrogens with one attached hydrogen (secondary N) is 1. The number of sulfone groups is 1. The van der Waals surface area contributed by atoms with Crippen LogP contribution in [0.5, 0.6) is 11.5 Å². The lowest BCUT2D eigenvalue weighted by Gasteiger charge is -2.05. The summed E-state index contributed by atoms with van der Waals surface area (Å²) in [7, 11) is -3.24. The first-order valence-corrected chi connectivity index (χ1v) is 9.28. The number of carbonyl (C=O) groups is 1. The van der Waals surface area contributed by atoms with E-state index in [4.69, 9.17) is 9.47 Å². The van der Waals surface area contributed by atoms with E-state index >= 15 is 0 Å². The number of benzene rings is 2. The Morgan fingerprint density at radius 3 is 2.36 bits per heavy atom. The van der Waals surface area contributed by atoms with Gasteiger partial charge in [-0.05, 0) is 42.8 Å². The summed E-state index contributed by atoms with van der Waals surface area (Å²) in [5.74, 6) is 0.734. The summed E-state index contributed by atoms with van der Waals surface area (Å²) >= 11 is 0. The maximum Gasteiger partial charge on any atom is 0.271 e. The molecule has 0 aromatic heterocycles. The Labute approximate surface area is 145 Å². The van der Waals surface area contributed by atoms with E-state index in [1.165, 1.54) is 12.1 Å². The minimum Gasteiger partial charge on any atom is -0.454 e. The largest absolute Gasteiger partial charge is 0.454 e. The van der Waals surface area contributed by atoms with Crippen molar-refractivity contribution >= 4 is 21.5 Å². The van der Waals surface area contributed by atoms with Crippen LogP contribution in [0.3, 0.4) is 0 Å². The maximum absolute atomic E-state index is 12.2. The molecule has 3 rings (SSSR count). The molecule has 0 bridgehead atoms. The van der Waals surface area contributed by atoms with E-state index in [9.17, 15) is 13.2 Å². The standard InChI is InChI=1S/C17H16N2O5S/c1-11(12-3-6-14(7-4-12)25(2,21)22)18-19-17(20)13-5-8-15-16(9-13)24-10-23-15/h3-9H,10H2,1-2H3,(H,19,20)/b18-11-. The SMILES string of the molecule is C/C(=N/NC(=O)c1ccc2c(c1)OCO2)c1ccc(S(C)(=O)=O)cc1. The number of amides is 1. The van der Waals surface area contributed by atoms with Gasteiger partial charge in [0, 0.05) is 11.8 Å². The Kier molecular flexibility index (Phi) is 4.45. The molecular weight excluding hydrogens is 344 g/mol. The molecule has 0 aliphatic carbocycles. The molecule has 25 heavy (non-hydrogen) atoms. The normalized spacial score (nSPS) is 13.6. The average molecular weight is 360 g/mol. The number of hydrogen-bond acceptors (Lipinski definition) is 6. The molecule has 1 aliphatic rings. The minimum atomic E-state index is -3.24. The number of carbonyl (C=O) groups excluding carboxylic acids is 1. The number of hydrazone groups is 1. The predicted octanol–water partition coefficient (Wildman–Crippen LogP) is 1.97. The van der Waals surface area contributed by atoms with Crippen LogP contribution in [0.1, 0.15) is 22.8 Å². The molecule has 0 saturated carbocycles. The van der Waals surface area contributed by atoms with Gasteiger partial charge in [0.05, 0.1) is 10.6 Å². The molecule has 0 spiro atoms. The van der Waals surface area contributed by atoms with Crippen LogP contribution in [0.4, 0.5) is 0 Å². The molecule has 2 aromatic rings. The average Bonchev–Trinajstić information content (AvgIpc) is 3.06. The Morgan fingerprint density at radius 1 is 1.04 bits per heavy atom. The van der Waals surface area contributed by atoms with Gasteiger partial charge in [-0.2, -0.15) is 5.10 Å². The van der Waals surface area contributed by atoms with Crippen LogP contribution in [0.25, 0.3) is 0 Å². The summed E-state index contributed by atoms with van der Waals surface area (Å²) < 4.78 is 33.4. The van der Waals surface area contributed by atoms with Crippen molar-refractivity contribution in [3.05, 3.63) is 53.6 Å². The Balaban J connectivity index is 1.71. The highest BCUT2D eigenvalue weighted by molar-refractivity contribution is 7.90. The number of fused-ring (bicyclic) bond motifs is 1. The lowest BCUT2D eigenvalue weighted by atomic mass is 10.1. The smallest absolute Gasteiger partial charge is 0.271 e. The van der Waals surface area contributed by atoms with E-state index in [0.717, 1.165) is 6.26 Å².